The standard InChI is InChI=1S/C94H110/c1-87(2,3)73-51-69(52-74(59-73)88(4,5)6)37-33-63-45-64(34-38-70-53-75(89(7,8)9)60-76(54-70)90(10,11)12)48-67(47-63)41-43-85-81-29-25-27-31-83(81)86(84-32-28-26-30-82(84)85)44-42-68-49-65(35-39-71-55-77(91(13,14)15)61-78(56-71)92(16,17)18)46-66(50-68)36-40-72-57-79(93(19,20)21)62-80(58-72)94(22,23)24/h25-62H,1-24H3. The van der Waals surface area contributed by atoms with Crippen LogP contribution in [0.1, 0.15) is 277 Å². The quantitative estimate of drug-likeness (QED) is 0.0845. The van der Waals surface area contributed by atoms with Crippen LogP contribution in [-0.4, -0.2) is 0 Å². The highest BCUT2D eigenvalue weighted by Crippen LogP contribution is 2.39. The van der Waals surface area contributed by atoms with E-state index in [1.165, 1.54) is 99.4 Å². The van der Waals surface area contributed by atoms with E-state index >= 15 is 0 Å². The fraction of sp³-hybridized carbons (Fsp3) is 0.340. The van der Waals surface area contributed by atoms with Crippen molar-refractivity contribution in [1.82, 2.24) is 0 Å². The molecule has 0 unspecified atom stereocenters. The summed E-state index contributed by atoms with van der Waals surface area (Å²) in [5.41, 5.74) is 25.2. The lowest BCUT2D eigenvalue weighted by molar-refractivity contribution is 0.568. The van der Waals surface area contributed by atoms with Gasteiger partial charge < -0.3 is 0 Å². The molecule has 9 aromatic rings. The SMILES string of the molecule is CC(C)(C)c1cc(C=Cc2cc(C=Cc3cc(C(C)(C)C)cc(C(C)(C)C)c3)cc(C=Cc3c4ccccc4c(C=Cc4cc(C=Cc5cc(C(C)(C)C)cc(C(C)(C)C)c5)cc(C=Cc5cc(C(C)(C)C)cc(C(C)(C)C)c5)c4)c4ccccc34)c2)cc(C(C)(C)C)c1. The second kappa shape index (κ2) is 26.6. The highest BCUT2D eigenvalue weighted by molar-refractivity contribution is 6.14. The van der Waals surface area contributed by atoms with E-state index in [0.717, 1.165) is 33.4 Å². The van der Waals surface area contributed by atoms with Gasteiger partial charge in [0.15, 0.2) is 0 Å². The van der Waals surface area contributed by atoms with E-state index < -0.39 is 0 Å². The first-order valence-electron chi connectivity index (χ1n) is 34.5. The molecule has 9 aromatic carbocycles. The lowest BCUT2D eigenvalue weighted by Gasteiger charge is -2.25. The summed E-state index contributed by atoms with van der Waals surface area (Å²) in [5.74, 6) is 0. The first kappa shape index (κ1) is 70.3. The third-order valence-electron chi connectivity index (χ3n) is 18.5. The maximum Gasteiger partial charge on any atom is -0.00987 e. The molecule has 0 bridgehead atoms. The topological polar surface area (TPSA) is 0 Å². The first-order chi connectivity index (χ1) is 43.5. The van der Waals surface area contributed by atoms with Gasteiger partial charge in [-0.1, -0.05) is 360 Å². The predicted molar refractivity (Wildman–Crippen MR) is 423 cm³/mol. The van der Waals surface area contributed by atoms with Gasteiger partial charge in [-0.3, -0.25) is 0 Å². The Morgan fingerprint density at radius 3 is 0.426 bits per heavy atom. The Kier molecular flexibility index (Phi) is 19.9. The van der Waals surface area contributed by atoms with E-state index in [9.17, 15) is 0 Å². The number of benzene rings is 9. The van der Waals surface area contributed by atoms with Crippen LogP contribution in [0.2, 0.25) is 0 Å². The monoisotopic (exact) mass is 1240 g/mol. The van der Waals surface area contributed by atoms with Gasteiger partial charge in [0.1, 0.15) is 0 Å². The number of hydrogen-bond donors (Lipinski definition) is 0. The molecular weight excluding hydrogens is 1130 g/mol. The Morgan fingerprint density at radius 2 is 0.287 bits per heavy atom. The molecule has 0 nitrogen and oxygen atoms in total. The van der Waals surface area contributed by atoms with E-state index in [4.69, 9.17) is 0 Å². The molecule has 0 saturated carbocycles. The van der Waals surface area contributed by atoms with Crippen molar-refractivity contribution in [3.05, 3.63) is 269 Å². The Hall–Kier alpha value is -8.06. The predicted octanol–water partition coefficient (Wildman–Crippen LogP) is 27.4. The summed E-state index contributed by atoms with van der Waals surface area (Å²) >= 11 is 0. The molecule has 0 heterocycles. The van der Waals surface area contributed by atoms with Crippen LogP contribution in [0.3, 0.4) is 0 Å². The van der Waals surface area contributed by atoms with Crippen molar-refractivity contribution >= 4 is 94.5 Å². The van der Waals surface area contributed by atoms with Crippen LogP contribution in [0.25, 0.3) is 94.5 Å². The maximum atomic E-state index is 2.40. The molecule has 0 aliphatic heterocycles. The molecule has 94 heavy (non-hydrogen) atoms. The van der Waals surface area contributed by atoms with Crippen LogP contribution >= 0.6 is 0 Å². The van der Waals surface area contributed by atoms with Crippen LogP contribution in [0.5, 0.6) is 0 Å². The summed E-state index contributed by atoms with van der Waals surface area (Å²) in [6, 6.07) is 60.6. The van der Waals surface area contributed by atoms with E-state index in [1.807, 2.05) is 0 Å². The Bertz CT molecular complexity index is 3770. The average molecular weight is 1240 g/mol. The van der Waals surface area contributed by atoms with Gasteiger partial charge in [0.2, 0.25) is 0 Å². The summed E-state index contributed by atoms with van der Waals surface area (Å²) in [6.07, 6.45) is 27.8. The zero-order valence-corrected chi connectivity index (χ0v) is 61.9. The first-order valence-corrected chi connectivity index (χ1v) is 34.5. The fourth-order valence-electron chi connectivity index (χ4n) is 12.1. The molecule has 0 amide bonds. The minimum Gasteiger partial charge on any atom is -0.0616 e. The molecule has 0 radical (unpaired) electrons. The largest absolute Gasteiger partial charge is 0.0616 e. The zero-order chi connectivity index (χ0) is 68.7. The van der Waals surface area contributed by atoms with Crippen LogP contribution < -0.4 is 0 Å². The number of fused-ring (bicyclic) bond motifs is 2. The van der Waals surface area contributed by atoms with Gasteiger partial charge in [-0.2, -0.15) is 0 Å². The van der Waals surface area contributed by atoms with Crippen molar-refractivity contribution in [3.8, 4) is 0 Å². The Balaban J connectivity index is 1.16. The van der Waals surface area contributed by atoms with Gasteiger partial charge in [0, 0.05) is 0 Å². The molecule has 0 heteroatoms. The van der Waals surface area contributed by atoms with Crippen molar-refractivity contribution in [2.45, 2.75) is 209 Å². The Labute approximate surface area is 569 Å². The van der Waals surface area contributed by atoms with Crippen LogP contribution in [0.15, 0.2) is 158 Å². The van der Waals surface area contributed by atoms with E-state index in [2.05, 4.69) is 397 Å². The van der Waals surface area contributed by atoms with Crippen LogP contribution in [0.4, 0.5) is 0 Å². The maximum absolute atomic E-state index is 2.40. The lowest BCUT2D eigenvalue weighted by atomic mass is 9.79. The molecule has 0 aromatic heterocycles. The summed E-state index contributed by atoms with van der Waals surface area (Å²) in [5, 5.41) is 4.87. The summed E-state index contributed by atoms with van der Waals surface area (Å²) in [4.78, 5) is 0. The highest BCUT2D eigenvalue weighted by Gasteiger charge is 2.25. The minimum atomic E-state index is 0.0212. The van der Waals surface area contributed by atoms with Crippen molar-refractivity contribution in [3.63, 3.8) is 0 Å². The molecule has 0 spiro atoms. The normalized spacial score (nSPS) is 13.7. The number of rotatable bonds is 12. The van der Waals surface area contributed by atoms with Crippen molar-refractivity contribution in [1.29, 1.82) is 0 Å². The summed E-state index contributed by atoms with van der Waals surface area (Å²) in [7, 11) is 0. The van der Waals surface area contributed by atoms with E-state index in [1.54, 1.807) is 0 Å². The second-order valence-electron chi connectivity index (χ2n) is 35.2. The highest BCUT2D eigenvalue weighted by atomic mass is 14.3. The van der Waals surface area contributed by atoms with Gasteiger partial charge in [-0.05, 0) is 213 Å². The van der Waals surface area contributed by atoms with Crippen molar-refractivity contribution < 1.29 is 0 Å². The molecular formula is C94H110. The molecule has 0 saturated heterocycles. The number of hydrogen-bond acceptors (Lipinski definition) is 0. The molecule has 0 fully saturated rings. The van der Waals surface area contributed by atoms with E-state index in [0.29, 0.717) is 0 Å². The zero-order valence-electron chi connectivity index (χ0n) is 61.9. The average Bonchev–Trinajstić information content (AvgIpc) is 0.761. The molecule has 486 valence electrons. The third kappa shape index (κ3) is 17.8. The van der Waals surface area contributed by atoms with Gasteiger partial charge >= 0.3 is 0 Å². The van der Waals surface area contributed by atoms with Gasteiger partial charge in [0.05, 0.1) is 0 Å². The van der Waals surface area contributed by atoms with E-state index in [-0.39, 0.29) is 43.3 Å². The van der Waals surface area contributed by atoms with Crippen molar-refractivity contribution in [2.75, 3.05) is 0 Å². The minimum absolute atomic E-state index is 0.0212. The summed E-state index contributed by atoms with van der Waals surface area (Å²) < 4.78 is 0. The van der Waals surface area contributed by atoms with Gasteiger partial charge in [-0.25, -0.2) is 0 Å². The van der Waals surface area contributed by atoms with Crippen LogP contribution in [-0.2, 0) is 43.3 Å². The molecule has 0 aliphatic carbocycles. The smallest absolute Gasteiger partial charge is 0.00987 e. The summed E-state index contributed by atoms with van der Waals surface area (Å²) in [6.45, 7) is 55.5. The Morgan fingerprint density at radius 1 is 0.160 bits per heavy atom. The second-order valence-corrected chi connectivity index (χ2v) is 35.2. The molecule has 0 N–H and O–H groups in total. The molecule has 0 atom stereocenters. The van der Waals surface area contributed by atoms with Crippen LogP contribution in [0, 0.1) is 0 Å². The van der Waals surface area contributed by atoms with Gasteiger partial charge in [0.25, 0.3) is 0 Å². The molecule has 0 aliphatic rings. The lowest BCUT2D eigenvalue weighted by Crippen LogP contribution is -2.16. The molecule has 9 rings (SSSR count). The van der Waals surface area contributed by atoms with Crippen molar-refractivity contribution in [2.24, 2.45) is 0 Å². The fourth-order valence-corrected chi connectivity index (χ4v) is 12.1. The van der Waals surface area contributed by atoms with Gasteiger partial charge in [-0.15, -0.1) is 0 Å². The third-order valence-corrected chi connectivity index (χ3v) is 18.5.